The van der Waals surface area contributed by atoms with Crippen molar-refractivity contribution in [3.8, 4) is 0 Å². The van der Waals surface area contributed by atoms with Gasteiger partial charge in [-0.05, 0) is 257 Å². The molecule has 1 aliphatic heterocycles. The lowest BCUT2D eigenvalue weighted by atomic mass is 9.44. The zero-order valence-corrected chi connectivity index (χ0v) is 44.5. The third-order valence-electron chi connectivity index (χ3n) is 21.8. The van der Waals surface area contributed by atoms with E-state index < -0.39 is 22.4 Å². The summed E-state index contributed by atoms with van der Waals surface area (Å²) in [6.45, 7) is 36.1. The van der Waals surface area contributed by atoms with Crippen LogP contribution in [0.3, 0.4) is 0 Å². The third kappa shape index (κ3) is 10.4. The highest BCUT2D eigenvalue weighted by atomic mass is 16.5. The number of ether oxygens (including phenoxy) is 1. The molecule has 1 saturated heterocycles. The Morgan fingerprint density at radius 3 is 1.58 bits per heavy atom. The number of fused-ring (bicyclic) bond motifs is 10. The van der Waals surface area contributed by atoms with Crippen molar-refractivity contribution < 1.29 is 25.2 Å². The number of hydrogen-bond donors (Lipinski definition) is 4. The van der Waals surface area contributed by atoms with Gasteiger partial charge in [0, 0.05) is 13.2 Å². The van der Waals surface area contributed by atoms with Crippen LogP contribution in [0.15, 0.2) is 35.5 Å². The first-order valence-electron chi connectivity index (χ1n) is 27.6. The van der Waals surface area contributed by atoms with Crippen molar-refractivity contribution in [1.29, 1.82) is 0 Å². The summed E-state index contributed by atoms with van der Waals surface area (Å²) < 4.78 is 4.94. The fourth-order valence-corrected chi connectivity index (χ4v) is 17.9. The summed E-state index contributed by atoms with van der Waals surface area (Å²) >= 11 is 0. The second kappa shape index (κ2) is 18.6. The van der Waals surface area contributed by atoms with Gasteiger partial charge in [-0.3, -0.25) is 0 Å². The molecule has 0 spiro atoms. The molecule has 0 bridgehead atoms. The van der Waals surface area contributed by atoms with Crippen molar-refractivity contribution in [1.82, 2.24) is 0 Å². The van der Waals surface area contributed by atoms with Gasteiger partial charge in [-0.25, -0.2) is 0 Å². The molecule has 65 heavy (non-hydrogen) atoms. The summed E-state index contributed by atoms with van der Waals surface area (Å²) in [5.74, 6) is 8.11. The molecular formula is C60H102O5. The first-order chi connectivity index (χ1) is 30.0. The average Bonchev–Trinajstić information content (AvgIpc) is 3.97. The van der Waals surface area contributed by atoms with Crippen LogP contribution in [0, 0.1) is 86.8 Å². The van der Waals surface area contributed by atoms with Crippen LogP contribution in [0.1, 0.15) is 218 Å². The normalized spacial score (nSPS) is 46.5. The zero-order chi connectivity index (χ0) is 47.8. The van der Waals surface area contributed by atoms with E-state index in [9.17, 15) is 20.4 Å². The lowest BCUT2D eigenvalue weighted by molar-refractivity contribution is -0.0846. The molecule has 9 aliphatic rings. The molecule has 8 aliphatic carbocycles. The van der Waals surface area contributed by atoms with Crippen molar-refractivity contribution in [2.24, 2.45) is 86.8 Å². The minimum absolute atomic E-state index is 0.250. The second-order valence-corrected chi connectivity index (χ2v) is 27.9. The van der Waals surface area contributed by atoms with Gasteiger partial charge in [0.1, 0.15) is 0 Å². The molecule has 4 N–H and O–H groups in total. The van der Waals surface area contributed by atoms with Crippen LogP contribution in [0.5, 0.6) is 0 Å². The quantitative estimate of drug-likeness (QED) is 0.182. The predicted molar refractivity (Wildman–Crippen MR) is 270 cm³/mol. The van der Waals surface area contributed by atoms with Gasteiger partial charge < -0.3 is 25.2 Å². The SMILES string of the molecule is C1CCOC1.C=C1C=C2C[C@@](C)(O)CC[C@]2(C)[C@H]2CC[C@]3(C)[C@@H]([C@H](C)CCC(C)(C)O)CC[C@H]3[C@H]12.CC1C=C2C[C@@](C)(O)CC[C@]2(C)[C@H]2CC[C@]3(C)[C@@H]([C@H](C)CCC(C)(C)O)CC[C@H]3[C@H]12. The molecule has 372 valence electrons. The maximum absolute atomic E-state index is 10.7. The Morgan fingerprint density at radius 1 is 0.631 bits per heavy atom. The van der Waals surface area contributed by atoms with Crippen LogP contribution in [0.25, 0.3) is 0 Å². The number of allylic oxidation sites excluding steroid dienone is 3. The van der Waals surface area contributed by atoms with Crippen LogP contribution in [0.4, 0.5) is 0 Å². The minimum atomic E-state index is -0.555. The van der Waals surface area contributed by atoms with E-state index in [1.54, 1.807) is 5.57 Å². The van der Waals surface area contributed by atoms with Crippen molar-refractivity contribution in [3.63, 3.8) is 0 Å². The molecular weight excluding hydrogens is 801 g/mol. The van der Waals surface area contributed by atoms with Gasteiger partial charge in [0.25, 0.3) is 0 Å². The Bertz CT molecular complexity index is 1730. The highest BCUT2D eigenvalue weighted by molar-refractivity contribution is 5.38. The Labute approximate surface area is 399 Å². The van der Waals surface area contributed by atoms with Gasteiger partial charge in [0.05, 0.1) is 22.4 Å². The Kier molecular flexibility index (Phi) is 14.9. The van der Waals surface area contributed by atoms with Gasteiger partial charge in [-0.1, -0.05) is 83.9 Å². The van der Waals surface area contributed by atoms with Crippen molar-refractivity contribution in [2.75, 3.05) is 13.2 Å². The second-order valence-electron chi connectivity index (χ2n) is 27.9. The topological polar surface area (TPSA) is 90.2 Å². The van der Waals surface area contributed by atoms with E-state index in [0.717, 1.165) is 113 Å². The molecule has 5 nitrogen and oxygen atoms in total. The number of aliphatic hydroxyl groups is 4. The van der Waals surface area contributed by atoms with E-state index in [4.69, 9.17) is 4.74 Å². The summed E-state index contributed by atoms with van der Waals surface area (Å²) in [6.07, 6.45) is 28.4. The molecule has 1 heterocycles. The van der Waals surface area contributed by atoms with Gasteiger partial charge in [-0.2, -0.15) is 0 Å². The summed E-state index contributed by atoms with van der Waals surface area (Å²) in [4.78, 5) is 0. The fraction of sp³-hybridized carbons (Fsp3) is 0.900. The van der Waals surface area contributed by atoms with Gasteiger partial charge in [-0.15, -0.1) is 0 Å². The van der Waals surface area contributed by atoms with Gasteiger partial charge >= 0.3 is 0 Å². The standard InChI is InChI=1S/C28H48O2.C28H46O2.C4H8O/c2*1-18(10-12-25(3,4)29)21-8-9-22-24-19(2)16-20-17-26(5,30)14-15-27(20,6)23(24)11-13-28(21,22)7;1-2-4-5-3-1/h16,18-19,21-24,29-30H,8-15,17H2,1-7H3;16,18,21-24,29-30H,2,8-15,17H2,1,3-7H3;1-4H2/t18-,19?,21-,22+,23+,24+,26+,27+,28-;18-,21-,22+,23+,24+,26+,27+,28-;/m11./s1. The maximum atomic E-state index is 10.7. The fourth-order valence-electron chi connectivity index (χ4n) is 17.9. The minimum Gasteiger partial charge on any atom is -0.390 e. The first kappa shape index (κ1) is 51.9. The lowest BCUT2D eigenvalue weighted by Crippen LogP contribution is -2.54. The van der Waals surface area contributed by atoms with Crippen molar-refractivity contribution in [2.45, 2.75) is 241 Å². The molecule has 5 heteroatoms. The van der Waals surface area contributed by atoms with Crippen LogP contribution in [-0.4, -0.2) is 56.0 Å². The summed E-state index contributed by atoms with van der Waals surface area (Å²) in [7, 11) is 0. The summed E-state index contributed by atoms with van der Waals surface area (Å²) in [5.41, 5.74) is 3.69. The number of hydrogen-bond acceptors (Lipinski definition) is 5. The lowest BCUT2D eigenvalue weighted by Gasteiger charge is -2.60. The van der Waals surface area contributed by atoms with Crippen LogP contribution >= 0.6 is 0 Å². The highest BCUT2D eigenvalue weighted by Crippen LogP contribution is 2.70. The molecule has 9 rings (SSSR count). The zero-order valence-electron chi connectivity index (χ0n) is 44.5. The molecule has 0 aromatic rings. The Morgan fingerprint density at radius 2 is 1.09 bits per heavy atom. The molecule has 0 aromatic carbocycles. The van der Waals surface area contributed by atoms with E-state index in [2.05, 4.69) is 67.2 Å². The molecule has 7 fully saturated rings. The molecule has 17 atom stereocenters. The molecule has 0 aromatic heterocycles. The maximum Gasteiger partial charge on any atom is 0.0657 e. The predicted octanol–water partition coefficient (Wildman–Crippen LogP) is 14.2. The molecule has 0 amide bonds. The molecule has 1 unspecified atom stereocenters. The molecule has 0 radical (unpaired) electrons. The van der Waals surface area contributed by atoms with Crippen molar-refractivity contribution >= 4 is 0 Å². The average molecular weight is 903 g/mol. The van der Waals surface area contributed by atoms with E-state index >= 15 is 0 Å². The largest absolute Gasteiger partial charge is 0.390 e. The third-order valence-corrected chi connectivity index (χ3v) is 21.8. The summed E-state index contributed by atoms with van der Waals surface area (Å²) in [6, 6.07) is 0. The van der Waals surface area contributed by atoms with Gasteiger partial charge in [0.2, 0.25) is 0 Å². The Balaban J connectivity index is 0.000000175. The Hall–Kier alpha value is -0.980. The van der Waals surface area contributed by atoms with Crippen LogP contribution in [-0.2, 0) is 4.74 Å². The summed E-state index contributed by atoms with van der Waals surface area (Å²) in [5, 5.41) is 41.9. The monoisotopic (exact) mass is 903 g/mol. The first-order valence-corrected chi connectivity index (χ1v) is 27.6. The van der Waals surface area contributed by atoms with E-state index in [0.29, 0.717) is 45.8 Å². The van der Waals surface area contributed by atoms with Gasteiger partial charge in [0.15, 0.2) is 0 Å². The van der Waals surface area contributed by atoms with Crippen molar-refractivity contribution in [3.05, 3.63) is 35.5 Å². The smallest absolute Gasteiger partial charge is 0.0657 e. The highest BCUT2D eigenvalue weighted by Gasteiger charge is 2.62. The number of rotatable bonds is 8. The van der Waals surface area contributed by atoms with E-state index in [1.807, 2.05) is 41.5 Å². The van der Waals surface area contributed by atoms with E-state index in [-0.39, 0.29) is 5.41 Å². The van der Waals surface area contributed by atoms with Crippen LogP contribution < -0.4 is 0 Å². The molecule has 6 saturated carbocycles. The van der Waals surface area contributed by atoms with E-state index in [1.165, 1.54) is 75.4 Å². The van der Waals surface area contributed by atoms with Crippen LogP contribution in [0.2, 0.25) is 0 Å².